The fourth-order valence-electron chi connectivity index (χ4n) is 1.90. The van der Waals surface area contributed by atoms with Gasteiger partial charge in [-0.15, -0.1) is 0 Å². The standard InChI is InChI=1S/C16H12BrN3O/c17-13-14(11-7-3-1-4-8-11)19-16(18)20-15(13)21-12-9-5-2-6-10-12/h1-10H,(H2,18,19,20). The number of nitrogens with two attached hydrogens (primary N) is 1. The first-order valence-electron chi connectivity index (χ1n) is 6.35. The van der Waals surface area contributed by atoms with Crippen molar-refractivity contribution in [3.8, 4) is 22.9 Å². The molecule has 0 radical (unpaired) electrons. The Balaban J connectivity index is 2.04. The van der Waals surface area contributed by atoms with Gasteiger partial charge in [0, 0.05) is 5.56 Å². The second kappa shape index (κ2) is 5.93. The molecule has 21 heavy (non-hydrogen) atoms. The summed E-state index contributed by atoms with van der Waals surface area (Å²) in [6, 6.07) is 19.2. The number of hydrogen-bond donors (Lipinski definition) is 1. The molecule has 0 spiro atoms. The van der Waals surface area contributed by atoms with Gasteiger partial charge in [0.1, 0.15) is 10.2 Å². The highest BCUT2D eigenvalue weighted by atomic mass is 79.9. The van der Waals surface area contributed by atoms with E-state index in [9.17, 15) is 0 Å². The van der Waals surface area contributed by atoms with Crippen molar-refractivity contribution in [3.05, 3.63) is 65.1 Å². The molecule has 0 bridgehead atoms. The predicted molar refractivity (Wildman–Crippen MR) is 86.1 cm³/mol. The van der Waals surface area contributed by atoms with Gasteiger partial charge in [0.2, 0.25) is 11.8 Å². The van der Waals surface area contributed by atoms with Gasteiger partial charge < -0.3 is 10.5 Å². The molecule has 3 aromatic rings. The summed E-state index contributed by atoms with van der Waals surface area (Å²) in [5, 5.41) is 0. The largest absolute Gasteiger partial charge is 0.438 e. The van der Waals surface area contributed by atoms with Gasteiger partial charge >= 0.3 is 0 Å². The summed E-state index contributed by atoms with van der Waals surface area (Å²) in [6.45, 7) is 0. The molecule has 0 fully saturated rings. The van der Waals surface area contributed by atoms with E-state index in [-0.39, 0.29) is 5.95 Å². The third kappa shape index (κ3) is 3.03. The first-order chi connectivity index (χ1) is 10.2. The number of aromatic nitrogens is 2. The van der Waals surface area contributed by atoms with Gasteiger partial charge in [0.15, 0.2) is 0 Å². The van der Waals surface area contributed by atoms with E-state index in [1.165, 1.54) is 0 Å². The second-order valence-corrected chi connectivity index (χ2v) is 5.12. The van der Waals surface area contributed by atoms with Crippen LogP contribution >= 0.6 is 15.9 Å². The van der Waals surface area contributed by atoms with Crippen LogP contribution in [0.15, 0.2) is 65.1 Å². The van der Waals surface area contributed by atoms with Crippen LogP contribution in [0.25, 0.3) is 11.3 Å². The zero-order valence-corrected chi connectivity index (χ0v) is 12.6. The van der Waals surface area contributed by atoms with E-state index in [2.05, 4.69) is 25.9 Å². The average molecular weight is 342 g/mol. The van der Waals surface area contributed by atoms with Gasteiger partial charge in [-0.2, -0.15) is 4.98 Å². The van der Waals surface area contributed by atoms with Crippen molar-refractivity contribution in [2.45, 2.75) is 0 Å². The van der Waals surface area contributed by atoms with Crippen LogP contribution in [0.1, 0.15) is 0 Å². The van der Waals surface area contributed by atoms with Crippen LogP contribution in [0, 0.1) is 0 Å². The molecule has 0 amide bonds. The van der Waals surface area contributed by atoms with E-state index >= 15 is 0 Å². The molecule has 1 aromatic heterocycles. The minimum Gasteiger partial charge on any atom is -0.438 e. The lowest BCUT2D eigenvalue weighted by Gasteiger charge is -2.10. The molecule has 0 unspecified atom stereocenters. The quantitative estimate of drug-likeness (QED) is 0.772. The van der Waals surface area contributed by atoms with Crippen LogP contribution in [0.5, 0.6) is 11.6 Å². The van der Waals surface area contributed by atoms with Crippen molar-refractivity contribution in [3.63, 3.8) is 0 Å². The van der Waals surface area contributed by atoms with Crippen LogP contribution in [0.4, 0.5) is 5.95 Å². The number of anilines is 1. The Kier molecular flexibility index (Phi) is 3.83. The molecular weight excluding hydrogens is 330 g/mol. The van der Waals surface area contributed by atoms with E-state index in [1.807, 2.05) is 60.7 Å². The molecule has 0 saturated carbocycles. The zero-order valence-electron chi connectivity index (χ0n) is 11.0. The summed E-state index contributed by atoms with van der Waals surface area (Å²) in [6.07, 6.45) is 0. The topological polar surface area (TPSA) is 61.0 Å². The lowest BCUT2D eigenvalue weighted by atomic mass is 10.1. The SMILES string of the molecule is Nc1nc(Oc2ccccc2)c(Br)c(-c2ccccc2)n1. The van der Waals surface area contributed by atoms with E-state index in [1.54, 1.807) is 0 Å². The molecule has 2 aromatic carbocycles. The third-order valence-electron chi connectivity index (χ3n) is 2.84. The van der Waals surface area contributed by atoms with Crippen LogP contribution in [0.2, 0.25) is 0 Å². The highest BCUT2D eigenvalue weighted by Crippen LogP contribution is 2.35. The van der Waals surface area contributed by atoms with Crippen LogP contribution in [0.3, 0.4) is 0 Å². The maximum absolute atomic E-state index is 5.80. The smallest absolute Gasteiger partial charge is 0.239 e. The summed E-state index contributed by atoms with van der Waals surface area (Å²) in [7, 11) is 0. The maximum Gasteiger partial charge on any atom is 0.239 e. The third-order valence-corrected chi connectivity index (χ3v) is 3.56. The highest BCUT2D eigenvalue weighted by molar-refractivity contribution is 9.10. The average Bonchev–Trinajstić information content (AvgIpc) is 2.52. The van der Waals surface area contributed by atoms with Crippen molar-refractivity contribution in [1.82, 2.24) is 9.97 Å². The number of nitrogen functional groups attached to an aromatic ring is 1. The highest BCUT2D eigenvalue weighted by Gasteiger charge is 2.14. The predicted octanol–water partition coefficient (Wildman–Crippen LogP) is 4.28. The fraction of sp³-hybridized carbons (Fsp3) is 0. The van der Waals surface area contributed by atoms with E-state index in [0.29, 0.717) is 21.8 Å². The summed E-state index contributed by atoms with van der Waals surface area (Å²) < 4.78 is 6.45. The Morgan fingerprint density at radius 2 is 1.48 bits per heavy atom. The Morgan fingerprint density at radius 1 is 0.857 bits per heavy atom. The van der Waals surface area contributed by atoms with E-state index < -0.39 is 0 Å². The molecule has 104 valence electrons. The van der Waals surface area contributed by atoms with Gasteiger partial charge in [-0.3, -0.25) is 0 Å². The first-order valence-corrected chi connectivity index (χ1v) is 7.14. The number of ether oxygens (including phenoxy) is 1. The lowest BCUT2D eigenvalue weighted by molar-refractivity contribution is 0.459. The van der Waals surface area contributed by atoms with Gasteiger partial charge in [-0.1, -0.05) is 48.5 Å². The Hall–Kier alpha value is -2.40. The number of para-hydroxylation sites is 1. The summed E-state index contributed by atoms with van der Waals surface area (Å²) in [5.41, 5.74) is 7.44. The first kappa shape index (κ1) is 13.6. The molecule has 2 N–H and O–H groups in total. The minimum absolute atomic E-state index is 0.169. The molecule has 4 nitrogen and oxygen atoms in total. The number of benzene rings is 2. The molecule has 1 heterocycles. The van der Waals surface area contributed by atoms with Crippen LogP contribution in [-0.4, -0.2) is 9.97 Å². The number of hydrogen-bond acceptors (Lipinski definition) is 4. The molecule has 0 saturated heterocycles. The molecular formula is C16H12BrN3O. The number of rotatable bonds is 3. The molecule has 0 aliphatic heterocycles. The van der Waals surface area contributed by atoms with Gasteiger partial charge in [0.25, 0.3) is 0 Å². The van der Waals surface area contributed by atoms with Crippen molar-refractivity contribution in [2.75, 3.05) is 5.73 Å². The maximum atomic E-state index is 5.80. The van der Waals surface area contributed by atoms with E-state index in [4.69, 9.17) is 10.5 Å². The molecule has 5 heteroatoms. The number of halogens is 1. The van der Waals surface area contributed by atoms with Gasteiger partial charge in [-0.25, -0.2) is 4.98 Å². The van der Waals surface area contributed by atoms with Crippen LogP contribution in [-0.2, 0) is 0 Å². The molecule has 3 rings (SSSR count). The van der Waals surface area contributed by atoms with E-state index in [0.717, 1.165) is 5.56 Å². The number of nitrogens with zero attached hydrogens (tertiary/aromatic N) is 2. The Morgan fingerprint density at radius 3 is 2.14 bits per heavy atom. The van der Waals surface area contributed by atoms with Crippen molar-refractivity contribution < 1.29 is 4.74 Å². The van der Waals surface area contributed by atoms with Gasteiger partial charge in [0.05, 0.1) is 5.69 Å². The normalized spacial score (nSPS) is 10.3. The van der Waals surface area contributed by atoms with Crippen LogP contribution < -0.4 is 10.5 Å². The Bertz CT molecular complexity index is 748. The zero-order chi connectivity index (χ0) is 14.7. The van der Waals surface area contributed by atoms with Crippen molar-refractivity contribution >= 4 is 21.9 Å². The molecule has 0 aliphatic carbocycles. The molecule has 0 atom stereocenters. The van der Waals surface area contributed by atoms with Gasteiger partial charge in [-0.05, 0) is 28.1 Å². The monoisotopic (exact) mass is 341 g/mol. The summed E-state index contributed by atoms with van der Waals surface area (Å²) >= 11 is 3.50. The minimum atomic E-state index is 0.169. The second-order valence-electron chi connectivity index (χ2n) is 4.33. The lowest BCUT2D eigenvalue weighted by Crippen LogP contribution is -2.00. The van der Waals surface area contributed by atoms with Crippen molar-refractivity contribution in [2.24, 2.45) is 0 Å². The molecule has 0 aliphatic rings. The summed E-state index contributed by atoms with van der Waals surface area (Å²) in [5.74, 6) is 1.26. The van der Waals surface area contributed by atoms with Crippen molar-refractivity contribution in [1.29, 1.82) is 0 Å². The Labute approximate surface area is 130 Å². The fourth-order valence-corrected chi connectivity index (χ4v) is 2.39. The summed E-state index contributed by atoms with van der Waals surface area (Å²) in [4.78, 5) is 8.44.